The molecule has 0 saturated heterocycles. The van der Waals surface area contributed by atoms with Gasteiger partial charge in [0.15, 0.2) is 16.8 Å². The third kappa shape index (κ3) is 4.25. The minimum absolute atomic E-state index is 0.102. The lowest BCUT2D eigenvalue weighted by Gasteiger charge is -2.15. The second kappa shape index (κ2) is 8.71. The lowest BCUT2D eigenvalue weighted by Crippen LogP contribution is -2.10. The molecule has 0 fully saturated rings. The van der Waals surface area contributed by atoms with Crippen LogP contribution in [-0.2, 0) is 11.4 Å². The van der Waals surface area contributed by atoms with E-state index in [1.54, 1.807) is 6.20 Å². The van der Waals surface area contributed by atoms with Crippen molar-refractivity contribution in [3.8, 4) is 16.9 Å². The monoisotopic (exact) mass is 413 g/mol. The van der Waals surface area contributed by atoms with Gasteiger partial charge in [-0.15, -0.1) is 4.91 Å². The van der Waals surface area contributed by atoms with Gasteiger partial charge in [0.05, 0.1) is 5.52 Å². The van der Waals surface area contributed by atoms with E-state index >= 15 is 0 Å². The first-order chi connectivity index (χ1) is 15.1. The lowest BCUT2D eigenvalue weighted by atomic mass is 9.99. The Bertz CT molecular complexity index is 1270. The highest BCUT2D eigenvalue weighted by molar-refractivity contribution is 5.92. The van der Waals surface area contributed by atoms with Gasteiger partial charge in [-0.3, -0.25) is 9.82 Å². The fourth-order valence-electron chi connectivity index (χ4n) is 3.40. The van der Waals surface area contributed by atoms with Crippen LogP contribution < -0.4 is 4.74 Å². The number of ether oxygens (including phenoxy) is 1. The molecule has 154 valence electrons. The number of hydrogen-bond acceptors (Lipinski definition) is 7. The molecule has 0 bridgehead atoms. The average Bonchev–Trinajstić information content (AvgIpc) is 2.78. The minimum Gasteiger partial charge on any atom is -0.486 e. The number of nitrogens with zero attached hydrogens (tertiary/aromatic N) is 3. The summed E-state index contributed by atoms with van der Waals surface area (Å²) in [5, 5.41) is 3.21. The molecule has 0 N–H and O–H groups in total. The fourth-order valence-corrected chi connectivity index (χ4v) is 3.40. The van der Waals surface area contributed by atoms with Crippen molar-refractivity contribution in [2.75, 3.05) is 0 Å². The van der Waals surface area contributed by atoms with Crippen molar-refractivity contribution in [3.05, 3.63) is 94.3 Å². The average molecular weight is 413 g/mol. The third-order valence-corrected chi connectivity index (χ3v) is 4.96. The molecule has 0 spiro atoms. The quantitative estimate of drug-likeness (QED) is 0.313. The molecule has 31 heavy (non-hydrogen) atoms. The first-order valence-electron chi connectivity index (χ1n) is 9.65. The molecule has 2 aromatic carbocycles. The van der Waals surface area contributed by atoms with Gasteiger partial charge >= 0.3 is 5.97 Å². The van der Waals surface area contributed by atoms with E-state index < -0.39 is 5.97 Å². The van der Waals surface area contributed by atoms with E-state index in [0.717, 1.165) is 33.3 Å². The van der Waals surface area contributed by atoms with E-state index in [1.807, 2.05) is 74.5 Å². The zero-order chi connectivity index (χ0) is 21.8. The van der Waals surface area contributed by atoms with Gasteiger partial charge in [0.25, 0.3) is 0 Å². The number of rotatable bonds is 6. The summed E-state index contributed by atoms with van der Waals surface area (Å²) in [4.78, 5) is 35.7. The third-order valence-electron chi connectivity index (χ3n) is 4.96. The topological polar surface area (TPSA) is 90.7 Å². The number of carbonyl (C=O) groups is 1. The normalized spacial score (nSPS) is 10.6. The molecule has 7 nitrogen and oxygen atoms in total. The van der Waals surface area contributed by atoms with Gasteiger partial charge < -0.3 is 4.74 Å². The summed E-state index contributed by atoms with van der Waals surface area (Å²) in [6, 6.07) is 19.4. The number of aryl methyl sites for hydroxylation is 1. The summed E-state index contributed by atoms with van der Waals surface area (Å²) in [5.74, 6) is -0.719. The van der Waals surface area contributed by atoms with E-state index in [1.165, 1.54) is 0 Å². The summed E-state index contributed by atoms with van der Waals surface area (Å²) in [7, 11) is 0. The predicted octanol–water partition coefficient (Wildman–Crippen LogP) is 5.33. The molecule has 0 aliphatic rings. The van der Waals surface area contributed by atoms with E-state index in [-0.39, 0.29) is 18.1 Å². The summed E-state index contributed by atoms with van der Waals surface area (Å²) in [5.41, 5.74) is 5.06. The van der Waals surface area contributed by atoms with Crippen LogP contribution in [0.15, 0.2) is 72.2 Å². The maximum atomic E-state index is 12.2. The molecular formula is C24H19N3O4. The molecule has 0 radical (unpaired) electrons. The smallest absolute Gasteiger partial charge is 0.391 e. The molecule has 0 amide bonds. The van der Waals surface area contributed by atoms with Crippen LogP contribution in [0.3, 0.4) is 0 Å². The molecule has 2 aromatic heterocycles. The Morgan fingerprint density at radius 3 is 2.61 bits per heavy atom. The molecule has 0 aliphatic heterocycles. The predicted molar refractivity (Wildman–Crippen MR) is 116 cm³/mol. The molecule has 0 saturated carbocycles. The fraction of sp³-hybridized carbons (Fsp3) is 0.125. The number of aromatic nitrogens is 2. The molecule has 0 atom stereocenters. The van der Waals surface area contributed by atoms with Crippen LogP contribution in [-0.4, -0.2) is 15.9 Å². The van der Waals surface area contributed by atoms with Crippen molar-refractivity contribution < 1.29 is 14.4 Å². The summed E-state index contributed by atoms with van der Waals surface area (Å²) < 4.78 is 5.97. The van der Waals surface area contributed by atoms with Crippen LogP contribution in [0, 0.1) is 18.8 Å². The van der Waals surface area contributed by atoms with Gasteiger partial charge in [-0.25, -0.2) is 9.78 Å². The van der Waals surface area contributed by atoms with Crippen molar-refractivity contribution in [1.29, 1.82) is 0 Å². The van der Waals surface area contributed by atoms with Crippen molar-refractivity contribution in [1.82, 2.24) is 9.97 Å². The zero-order valence-electron chi connectivity index (χ0n) is 17.0. The van der Waals surface area contributed by atoms with Crippen molar-refractivity contribution in [2.45, 2.75) is 20.5 Å². The van der Waals surface area contributed by atoms with Crippen molar-refractivity contribution in [3.63, 3.8) is 0 Å². The van der Waals surface area contributed by atoms with Crippen LogP contribution in [0.25, 0.3) is 22.0 Å². The summed E-state index contributed by atoms with van der Waals surface area (Å²) >= 11 is 0. The van der Waals surface area contributed by atoms with Gasteiger partial charge in [0.2, 0.25) is 0 Å². The second-order valence-corrected chi connectivity index (χ2v) is 7.06. The number of carbonyl (C=O) groups excluding carboxylic acids is 1. The van der Waals surface area contributed by atoms with Crippen LogP contribution in [0.5, 0.6) is 5.75 Å². The Kier molecular flexibility index (Phi) is 5.66. The van der Waals surface area contributed by atoms with Crippen molar-refractivity contribution >= 4 is 16.9 Å². The standard InChI is InChI=1S/C24H19N3O4/c1-15-8-9-19-12-18(10-11-21(19)26-15)20-13-25-22(24(28)31-27-29)23(16(20)2)30-14-17-6-4-3-5-7-17/h3-13H,14H2,1-2H3. The van der Waals surface area contributed by atoms with E-state index in [2.05, 4.69) is 20.1 Å². The van der Waals surface area contributed by atoms with Crippen LogP contribution in [0.1, 0.15) is 27.3 Å². The Hall–Kier alpha value is -4.13. The van der Waals surface area contributed by atoms with Crippen LogP contribution in [0.4, 0.5) is 0 Å². The Morgan fingerprint density at radius 2 is 1.84 bits per heavy atom. The molecular weight excluding hydrogens is 394 g/mol. The Balaban J connectivity index is 1.77. The highest BCUT2D eigenvalue weighted by atomic mass is 16.7. The van der Waals surface area contributed by atoms with E-state index in [9.17, 15) is 9.70 Å². The van der Waals surface area contributed by atoms with Crippen LogP contribution in [0.2, 0.25) is 0 Å². The maximum Gasteiger partial charge on any atom is 0.391 e. The van der Waals surface area contributed by atoms with Gasteiger partial charge in [0.1, 0.15) is 6.61 Å². The highest BCUT2D eigenvalue weighted by Crippen LogP contribution is 2.34. The van der Waals surface area contributed by atoms with Gasteiger partial charge in [-0.1, -0.05) is 42.5 Å². The van der Waals surface area contributed by atoms with Crippen LogP contribution >= 0.6 is 0 Å². The Labute approximate surface area is 178 Å². The summed E-state index contributed by atoms with van der Waals surface area (Å²) in [6.45, 7) is 4.01. The van der Waals surface area contributed by atoms with E-state index in [0.29, 0.717) is 5.56 Å². The maximum absolute atomic E-state index is 12.2. The minimum atomic E-state index is -0.967. The molecule has 2 heterocycles. The first-order valence-corrected chi connectivity index (χ1v) is 9.65. The largest absolute Gasteiger partial charge is 0.486 e. The summed E-state index contributed by atoms with van der Waals surface area (Å²) in [6.07, 6.45) is 1.56. The molecule has 0 unspecified atom stereocenters. The van der Waals surface area contributed by atoms with Crippen molar-refractivity contribution in [2.24, 2.45) is 5.34 Å². The van der Waals surface area contributed by atoms with Gasteiger partial charge in [-0.05, 0) is 43.2 Å². The van der Waals surface area contributed by atoms with E-state index in [4.69, 9.17) is 4.74 Å². The zero-order valence-corrected chi connectivity index (χ0v) is 17.0. The molecule has 4 aromatic rings. The van der Waals surface area contributed by atoms with Gasteiger partial charge in [0, 0.05) is 28.4 Å². The highest BCUT2D eigenvalue weighted by Gasteiger charge is 2.22. The van der Waals surface area contributed by atoms with Gasteiger partial charge in [-0.2, -0.15) is 0 Å². The second-order valence-electron chi connectivity index (χ2n) is 7.06. The molecule has 4 rings (SSSR count). The number of fused-ring (bicyclic) bond motifs is 1. The molecule has 0 aliphatic carbocycles. The first kappa shape index (κ1) is 20.2. The Morgan fingerprint density at radius 1 is 1.03 bits per heavy atom. The molecule has 7 heteroatoms. The SMILES string of the molecule is Cc1ccc2cc(-c3cnc(C(=O)ON=O)c(OCc4ccccc4)c3C)ccc2n1. The lowest BCUT2D eigenvalue weighted by molar-refractivity contribution is 0.0495. The number of pyridine rings is 2. The number of benzene rings is 2. The number of hydrogen-bond donors (Lipinski definition) is 0.